The van der Waals surface area contributed by atoms with Crippen molar-refractivity contribution < 1.29 is 13.2 Å². The predicted octanol–water partition coefficient (Wildman–Crippen LogP) is 0.844. The van der Waals surface area contributed by atoms with Gasteiger partial charge in [0.2, 0.25) is 10.0 Å². The van der Waals surface area contributed by atoms with Gasteiger partial charge in [0.25, 0.3) is 0 Å². The van der Waals surface area contributed by atoms with Crippen molar-refractivity contribution >= 4 is 15.7 Å². The summed E-state index contributed by atoms with van der Waals surface area (Å²) in [6, 6.07) is 6.06. The molecule has 1 fully saturated rings. The minimum absolute atomic E-state index is 0.00284. The Kier molecular flexibility index (Phi) is 4.28. The molecule has 20 heavy (non-hydrogen) atoms. The van der Waals surface area contributed by atoms with Crippen LogP contribution >= 0.6 is 0 Å². The van der Waals surface area contributed by atoms with Crippen molar-refractivity contribution in [1.82, 2.24) is 4.72 Å². The van der Waals surface area contributed by atoms with Crippen molar-refractivity contribution in [2.45, 2.75) is 24.3 Å². The van der Waals surface area contributed by atoms with E-state index in [1.807, 2.05) is 13.0 Å². The lowest BCUT2D eigenvalue weighted by molar-refractivity contribution is 0.107. The summed E-state index contributed by atoms with van der Waals surface area (Å²) in [5.41, 5.74) is 6.11. The topological polar surface area (TPSA) is 105 Å². The van der Waals surface area contributed by atoms with E-state index in [9.17, 15) is 8.42 Å². The molecule has 1 aliphatic heterocycles. The minimum atomic E-state index is -3.67. The zero-order chi connectivity index (χ0) is 14.8. The minimum Gasteiger partial charge on any atom is -0.398 e. The van der Waals surface area contributed by atoms with Gasteiger partial charge in [-0.25, -0.2) is 13.1 Å². The van der Waals surface area contributed by atoms with Crippen LogP contribution in [0, 0.1) is 17.2 Å². The van der Waals surface area contributed by atoms with Gasteiger partial charge in [-0.3, -0.25) is 0 Å². The number of nitrogens with two attached hydrogens (primary N) is 1. The summed E-state index contributed by atoms with van der Waals surface area (Å²) < 4.78 is 32.4. The first-order valence-corrected chi connectivity index (χ1v) is 7.83. The molecule has 1 aromatic rings. The Labute approximate surface area is 118 Å². The Morgan fingerprint density at radius 3 is 2.85 bits per heavy atom. The van der Waals surface area contributed by atoms with Crippen molar-refractivity contribution in [3.8, 4) is 6.07 Å². The van der Waals surface area contributed by atoms with E-state index in [0.717, 1.165) is 6.42 Å². The molecule has 3 N–H and O–H groups in total. The second-order valence-corrected chi connectivity index (χ2v) is 6.58. The first-order valence-electron chi connectivity index (χ1n) is 6.35. The normalized spacial score (nSPS) is 22.6. The maximum absolute atomic E-state index is 12.2. The zero-order valence-electron chi connectivity index (χ0n) is 11.2. The van der Waals surface area contributed by atoms with Crippen LogP contribution in [0.4, 0.5) is 5.69 Å². The van der Waals surface area contributed by atoms with Gasteiger partial charge in [-0.05, 0) is 31.5 Å². The summed E-state index contributed by atoms with van der Waals surface area (Å²) >= 11 is 0. The van der Waals surface area contributed by atoms with Gasteiger partial charge < -0.3 is 10.5 Å². The number of nitriles is 1. The molecule has 0 aromatic heterocycles. The first kappa shape index (κ1) is 14.8. The van der Waals surface area contributed by atoms with Crippen LogP contribution in [0.3, 0.4) is 0 Å². The largest absolute Gasteiger partial charge is 0.398 e. The second-order valence-electron chi connectivity index (χ2n) is 4.84. The van der Waals surface area contributed by atoms with Crippen LogP contribution in [0.1, 0.15) is 18.9 Å². The summed E-state index contributed by atoms with van der Waals surface area (Å²) in [5, 5.41) is 8.75. The highest BCUT2D eigenvalue weighted by atomic mass is 32.2. The van der Waals surface area contributed by atoms with E-state index >= 15 is 0 Å². The molecule has 1 saturated heterocycles. The van der Waals surface area contributed by atoms with Gasteiger partial charge in [0, 0.05) is 19.1 Å². The van der Waals surface area contributed by atoms with Gasteiger partial charge in [0.15, 0.2) is 0 Å². The van der Waals surface area contributed by atoms with Gasteiger partial charge in [0.05, 0.1) is 23.4 Å². The predicted molar refractivity (Wildman–Crippen MR) is 74.3 cm³/mol. The van der Waals surface area contributed by atoms with Crippen LogP contribution < -0.4 is 10.5 Å². The number of ether oxygens (including phenoxy) is 1. The molecule has 0 aliphatic carbocycles. The van der Waals surface area contributed by atoms with E-state index in [-0.39, 0.29) is 22.6 Å². The Morgan fingerprint density at radius 2 is 2.30 bits per heavy atom. The number of nitrogen functional groups attached to an aromatic ring is 1. The molecule has 6 nitrogen and oxygen atoms in total. The van der Waals surface area contributed by atoms with Gasteiger partial charge in [-0.2, -0.15) is 5.26 Å². The summed E-state index contributed by atoms with van der Waals surface area (Å²) in [6.07, 6.45) is 0.892. The first-order chi connectivity index (χ1) is 9.44. The second kappa shape index (κ2) is 5.79. The van der Waals surface area contributed by atoms with Crippen LogP contribution in [0.5, 0.6) is 0 Å². The van der Waals surface area contributed by atoms with Crippen molar-refractivity contribution in [3.63, 3.8) is 0 Å². The fourth-order valence-corrected chi connectivity index (χ4v) is 3.41. The van der Waals surface area contributed by atoms with Gasteiger partial charge in [-0.15, -0.1) is 0 Å². The van der Waals surface area contributed by atoms with Crippen molar-refractivity contribution in [3.05, 3.63) is 23.8 Å². The molecule has 0 amide bonds. The molecule has 2 unspecified atom stereocenters. The van der Waals surface area contributed by atoms with E-state index in [0.29, 0.717) is 18.7 Å². The quantitative estimate of drug-likeness (QED) is 0.801. The molecule has 0 spiro atoms. The highest BCUT2D eigenvalue weighted by Crippen LogP contribution is 2.22. The van der Waals surface area contributed by atoms with E-state index in [4.69, 9.17) is 15.7 Å². The maximum Gasteiger partial charge on any atom is 0.242 e. The van der Waals surface area contributed by atoms with Gasteiger partial charge in [0.1, 0.15) is 4.90 Å². The van der Waals surface area contributed by atoms with E-state index in [1.165, 1.54) is 18.2 Å². The van der Waals surface area contributed by atoms with Crippen LogP contribution in [-0.2, 0) is 14.8 Å². The van der Waals surface area contributed by atoms with E-state index in [2.05, 4.69) is 4.72 Å². The van der Waals surface area contributed by atoms with Crippen molar-refractivity contribution in [1.29, 1.82) is 5.26 Å². The fraction of sp³-hybridized carbons (Fsp3) is 0.462. The molecule has 1 aliphatic rings. The van der Waals surface area contributed by atoms with Crippen LogP contribution in [-0.4, -0.2) is 27.7 Å². The number of benzene rings is 1. The third-order valence-corrected chi connectivity index (χ3v) is 4.99. The average molecular weight is 295 g/mol. The smallest absolute Gasteiger partial charge is 0.242 e. The number of hydrogen-bond acceptors (Lipinski definition) is 5. The van der Waals surface area contributed by atoms with E-state index in [1.54, 1.807) is 0 Å². The average Bonchev–Trinajstić information content (AvgIpc) is 2.81. The number of hydrogen-bond donors (Lipinski definition) is 2. The Morgan fingerprint density at radius 1 is 1.55 bits per heavy atom. The van der Waals surface area contributed by atoms with Crippen LogP contribution in [0.2, 0.25) is 0 Å². The Hall–Kier alpha value is -1.62. The Bertz CT molecular complexity index is 637. The van der Waals surface area contributed by atoms with Crippen molar-refractivity contribution in [2.75, 3.05) is 18.9 Å². The van der Waals surface area contributed by atoms with Crippen molar-refractivity contribution in [2.24, 2.45) is 5.92 Å². The molecule has 1 aromatic carbocycles. The molecular weight excluding hydrogens is 278 g/mol. The SMILES string of the molecule is CC1OCCC1CNS(=O)(=O)c1ccc(C#N)cc1N. The van der Waals surface area contributed by atoms with E-state index < -0.39 is 10.0 Å². The highest BCUT2D eigenvalue weighted by molar-refractivity contribution is 7.89. The monoisotopic (exact) mass is 295 g/mol. The lowest BCUT2D eigenvalue weighted by Gasteiger charge is -2.15. The zero-order valence-corrected chi connectivity index (χ0v) is 12.0. The lowest BCUT2D eigenvalue weighted by atomic mass is 10.0. The summed E-state index contributed by atoms with van der Waals surface area (Å²) in [5.74, 6) is 0.171. The molecule has 0 radical (unpaired) electrons. The molecule has 7 heteroatoms. The van der Waals surface area contributed by atoms with Gasteiger partial charge >= 0.3 is 0 Å². The third-order valence-electron chi connectivity index (χ3n) is 3.50. The lowest BCUT2D eigenvalue weighted by Crippen LogP contribution is -2.32. The molecule has 0 saturated carbocycles. The summed E-state index contributed by atoms with van der Waals surface area (Å²) in [6.45, 7) is 2.91. The fourth-order valence-electron chi connectivity index (χ4n) is 2.20. The molecule has 2 rings (SSSR count). The number of nitrogens with one attached hydrogen (secondary N) is 1. The third kappa shape index (κ3) is 3.10. The number of anilines is 1. The summed E-state index contributed by atoms with van der Waals surface area (Å²) in [7, 11) is -3.67. The molecule has 2 atom stereocenters. The summed E-state index contributed by atoms with van der Waals surface area (Å²) in [4.78, 5) is 0.00284. The maximum atomic E-state index is 12.2. The molecular formula is C13H17N3O3S. The van der Waals surface area contributed by atoms with Gasteiger partial charge in [-0.1, -0.05) is 0 Å². The number of rotatable bonds is 4. The van der Waals surface area contributed by atoms with Crippen LogP contribution in [0.25, 0.3) is 0 Å². The highest BCUT2D eigenvalue weighted by Gasteiger charge is 2.26. The molecule has 108 valence electrons. The Balaban J connectivity index is 2.12. The van der Waals surface area contributed by atoms with Crippen LogP contribution in [0.15, 0.2) is 23.1 Å². The number of nitrogens with zero attached hydrogens (tertiary/aromatic N) is 1. The molecule has 1 heterocycles. The molecule has 0 bridgehead atoms. The standard InChI is InChI=1S/C13H17N3O3S/c1-9-11(4-5-19-9)8-16-20(17,18)13-3-2-10(7-14)6-12(13)15/h2-3,6,9,11,16H,4-5,8,15H2,1H3. The number of sulfonamides is 1.